The molecule has 0 saturated carbocycles. The van der Waals surface area contributed by atoms with Gasteiger partial charge in [-0.3, -0.25) is 4.79 Å². The van der Waals surface area contributed by atoms with E-state index in [1.54, 1.807) is 30.2 Å². The summed E-state index contributed by atoms with van der Waals surface area (Å²) < 4.78 is 37.0. The molecule has 9 nitrogen and oxygen atoms in total. The van der Waals surface area contributed by atoms with E-state index in [9.17, 15) is 13.6 Å². The van der Waals surface area contributed by atoms with Gasteiger partial charge in [0.1, 0.15) is 22.9 Å². The minimum Gasteiger partial charge on any atom is -0.381 e. The Labute approximate surface area is 218 Å². The first-order valence-corrected chi connectivity index (χ1v) is 12.5. The summed E-state index contributed by atoms with van der Waals surface area (Å²) in [5.74, 6) is -0.194. The van der Waals surface area contributed by atoms with Crippen LogP contribution in [0.25, 0.3) is 22.3 Å². The number of ether oxygens (including phenoxy) is 1. The number of rotatable bonds is 6. The van der Waals surface area contributed by atoms with Crippen LogP contribution in [0.5, 0.6) is 0 Å². The zero-order valence-electron chi connectivity index (χ0n) is 21.7. The number of hydrogen-bond acceptors (Lipinski definition) is 7. The van der Waals surface area contributed by atoms with Crippen LogP contribution in [0.1, 0.15) is 48.9 Å². The third-order valence-electron chi connectivity index (χ3n) is 6.77. The third-order valence-corrected chi connectivity index (χ3v) is 6.77. The average molecular weight is 522 g/mol. The van der Waals surface area contributed by atoms with Crippen LogP contribution in [0.4, 0.5) is 20.5 Å². The molecule has 1 aromatic carbocycles. The Hall–Kier alpha value is -3.99. The fourth-order valence-corrected chi connectivity index (χ4v) is 4.87. The molecule has 0 unspecified atom stereocenters. The topological polar surface area (TPSA) is 98.1 Å². The molecule has 0 bridgehead atoms. The van der Waals surface area contributed by atoms with Crippen LogP contribution in [-0.4, -0.2) is 61.6 Å². The van der Waals surface area contributed by atoms with Crippen LogP contribution >= 0.6 is 0 Å². The van der Waals surface area contributed by atoms with Gasteiger partial charge < -0.3 is 19.5 Å². The highest BCUT2D eigenvalue weighted by atomic mass is 19.1. The molecule has 5 rings (SSSR count). The first kappa shape index (κ1) is 25.7. The summed E-state index contributed by atoms with van der Waals surface area (Å²) in [4.78, 5) is 31.5. The zero-order valence-corrected chi connectivity index (χ0v) is 21.7. The van der Waals surface area contributed by atoms with Crippen molar-refractivity contribution in [2.75, 3.05) is 25.5 Å². The molecule has 1 aliphatic heterocycles. The van der Waals surface area contributed by atoms with Crippen molar-refractivity contribution >= 4 is 28.7 Å². The van der Waals surface area contributed by atoms with E-state index in [4.69, 9.17) is 4.74 Å². The molecule has 4 heterocycles. The van der Waals surface area contributed by atoms with Gasteiger partial charge >= 0.3 is 0 Å². The van der Waals surface area contributed by atoms with E-state index in [1.165, 1.54) is 12.3 Å². The Morgan fingerprint density at radius 3 is 2.50 bits per heavy atom. The third kappa shape index (κ3) is 4.93. The molecule has 11 heteroatoms. The SMILES string of the molecule is COC1CCN(C(=O)c2ccc(Nc3ncc(F)c(-c4cc(F)c5nc(C)n(C(C)C)c5c4)n3)nc2)CC1. The summed E-state index contributed by atoms with van der Waals surface area (Å²) >= 11 is 0. The number of carbonyl (C=O) groups excluding carboxylic acids is 1. The average Bonchev–Trinajstić information content (AvgIpc) is 3.26. The number of aromatic nitrogens is 5. The molecular weight excluding hydrogens is 492 g/mol. The van der Waals surface area contributed by atoms with Crippen molar-refractivity contribution in [3.8, 4) is 11.3 Å². The molecule has 1 saturated heterocycles. The molecule has 1 N–H and O–H groups in total. The molecular formula is C27H29F2N7O2. The largest absolute Gasteiger partial charge is 0.381 e. The van der Waals surface area contributed by atoms with Crippen LogP contribution in [0.2, 0.25) is 0 Å². The summed E-state index contributed by atoms with van der Waals surface area (Å²) in [5, 5.41) is 2.93. The highest BCUT2D eigenvalue weighted by Gasteiger charge is 2.24. The van der Waals surface area contributed by atoms with Gasteiger partial charge in [0.15, 0.2) is 11.6 Å². The van der Waals surface area contributed by atoms with E-state index in [-0.39, 0.29) is 40.8 Å². The monoisotopic (exact) mass is 521 g/mol. The predicted octanol–water partition coefficient (Wildman–Crippen LogP) is 5.05. The van der Waals surface area contributed by atoms with Gasteiger partial charge in [0.05, 0.1) is 23.4 Å². The van der Waals surface area contributed by atoms with Gasteiger partial charge in [-0.05, 0) is 57.9 Å². The second-order valence-electron chi connectivity index (χ2n) is 9.62. The molecule has 1 fully saturated rings. The molecule has 198 valence electrons. The number of imidazole rings is 1. The van der Waals surface area contributed by atoms with Crippen molar-refractivity contribution < 1.29 is 18.3 Å². The second kappa shape index (κ2) is 10.4. The molecule has 0 aliphatic carbocycles. The van der Waals surface area contributed by atoms with Crippen molar-refractivity contribution in [3.63, 3.8) is 0 Å². The molecule has 0 spiro atoms. The maximum atomic E-state index is 14.9. The van der Waals surface area contributed by atoms with Gasteiger partial charge in [-0.25, -0.2) is 28.7 Å². The smallest absolute Gasteiger partial charge is 0.255 e. The van der Waals surface area contributed by atoms with Gasteiger partial charge in [0.2, 0.25) is 5.95 Å². The fraction of sp³-hybridized carbons (Fsp3) is 0.370. The summed E-state index contributed by atoms with van der Waals surface area (Å²) in [5.41, 5.74) is 1.48. The number of carbonyl (C=O) groups is 1. The van der Waals surface area contributed by atoms with Crippen molar-refractivity contribution in [1.29, 1.82) is 0 Å². The summed E-state index contributed by atoms with van der Waals surface area (Å²) in [6.07, 6.45) is 4.30. The number of methoxy groups -OCH3 is 1. The summed E-state index contributed by atoms with van der Waals surface area (Å²) in [6, 6.07) is 6.26. The number of fused-ring (bicyclic) bond motifs is 1. The number of halogens is 2. The summed E-state index contributed by atoms with van der Waals surface area (Å²) in [6.45, 7) is 7.02. The van der Waals surface area contributed by atoms with Crippen LogP contribution < -0.4 is 5.32 Å². The zero-order chi connectivity index (χ0) is 27.0. The maximum Gasteiger partial charge on any atom is 0.255 e. The van der Waals surface area contributed by atoms with Crippen molar-refractivity contribution in [1.82, 2.24) is 29.4 Å². The normalized spacial score (nSPS) is 14.4. The number of aryl methyl sites for hydroxylation is 1. The van der Waals surface area contributed by atoms with Crippen LogP contribution in [-0.2, 0) is 4.74 Å². The number of likely N-dealkylation sites (tertiary alicyclic amines) is 1. The Balaban J connectivity index is 1.37. The Morgan fingerprint density at radius 1 is 1.08 bits per heavy atom. The number of piperidine rings is 1. The molecule has 4 aromatic rings. The second-order valence-corrected chi connectivity index (χ2v) is 9.62. The Kier molecular flexibility index (Phi) is 7.02. The lowest BCUT2D eigenvalue weighted by molar-refractivity contribution is 0.0350. The maximum absolute atomic E-state index is 14.9. The van der Waals surface area contributed by atoms with E-state index in [0.717, 1.165) is 19.0 Å². The van der Waals surface area contributed by atoms with Crippen molar-refractivity contribution in [2.24, 2.45) is 0 Å². The lowest BCUT2D eigenvalue weighted by atomic mass is 10.1. The molecule has 0 atom stereocenters. The lowest BCUT2D eigenvalue weighted by Gasteiger charge is -2.31. The Morgan fingerprint density at radius 2 is 1.84 bits per heavy atom. The van der Waals surface area contributed by atoms with Crippen molar-refractivity contribution in [3.05, 3.63) is 59.7 Å². The minimum atomic E-state index is -0.687. The van der Waals surface area contributed by atoms with Crippen LogP contribution in [0.3, 0.4) is 0 Å². The fourth-order valence-electron chi connectivity index (χ4n) is 4.87. The quantitative estimate of drug-likeness (QED) is 0.379. The van der Waals surface area contributed by atoms with Gasteiger partial charge in [-0.2, -0.15) is 0 Å². The highest BCUT2D eigenvalue weighted by Crippen LogP contribution is 2.30. The number of benzene rings is 1. The Bertz CT molecular complexity index is 1480. The van der Waals surface area contributed by atoms with Crippen molar-refractivity contribution in [2.45, 2.75) is 45.8 Å². The van der Waals surface area contributed by atoms with Gasteiger partial charge in [-0.1, -0.05) is 0 Å². The number of nitrogens with zero attached hydrogens (tertiary/aromatic N) is 6. The van der Waals surface area contributed by atoms with Crippen LogP contribution in [0.15, 0.2) is 36.7 Å². The van der Waals surface area contributed by atoms with E-state index in [1.807, 2.05) is 25.3 Å². The summed E-state index contributed by atoms with van der Waals surface area (Å²) in [7, 11) is 1.69. The number of amides is 1. The minimum absolute atomic E-state index is 0.0419. The van der Waals surface area contributed by atoms with E-state index in [2.05, 4.69) is 25.3 Å². The molecule has 0 radical (unpaired) electrons. The lowest BCUT2D eigenvalue weighted by Crippen LogP contribution is -2.40. The molecule has 38 heavy (non-hydrogen) atoms. The van der Waals surface area contributed by atoms with E-state index >= 15 is 0 Å². The predicted molar refractivity (Wildman–Crippen MR) is 139 cm³/mol. The van der Waals surface area contributed by atoms with E-state index < -0.39 is 11.6 Å². The highest BCUT2D eigenvalue weighted by molar-refractivity contribution is 5.94. The number of pyridine rings is 1. The first-order chi connectivity index (χ1) is 18.2. The molecule has 1 aliphatic rings. The number of anilines is 2. The molecule has 1 amide bonds. The van der Waals surface area contributed by atoms with Gasteiger partial charge in [0, 0.05) is 38.0 Å². The van der Waals surface area contributed by atoms with Crippen LogP contribution in [0, 0.1) is 18.6 Å². The standard InChI is InChI=1S/C27H29F2N7O2/c1-15(2)36-16(3)32-25-20(28)11-18(12-22(25)36)24-21(29)14-31-27(34-24)33-23-6-5-17(13-30-23)26(37)35-9-7-19(38-4)8-10-35/h5-6,11-15,19H,7-10H2,1-4H3,(H,30,31,33,34). The van der Waals surface area contributed by atoms with Gasteiger partial charge in [-0.15, -0.1) is 0 Å². The first-order valence-electron chi connectivity index (χ1n) is 12.5. The molecule has 3 aromatic heterocycles. The van der Waals surface area contributed by atoms with Gasteiger partial charge in [0.25, 0.3) is 5.91 Å². The van der Waals surface area contributed by atoms with E-state index in [0.29, 0.717) is 35.8 Å². The number of nitrogens with one attached hydrogen (secondary N) is 1. The number of hydrogen-bond donors (Lipinski definition) is 1.